The van der Waals surface area contributed by atoms with Crippen molar-refractivity contribution < 1.29 is 13.5 Å². The van der Waals surface area contributed by atoms with E-state index >= 15 is 0 Å². The monoisotopic (exact) mass is 146 g/mol. The molecule has 0 aliphatic rings. The van der Waals surface area contributed by atoms with Gasteiger partial charge < -0.3 is 4.74 Å². The van der Waals surface area contributed by atoms with E-state index in [0.29, 0.717) is 0 Å². The SMILES string of the molecule is C=C/C(F)=C(/OC)C(=C)F. The Labute approximate surface area is 58.3 Å². The maximum Gasteiger partial charge on any atom is 0.189 e. The Hall–Kier alpha value is -1.12. The fraction of sp³-hybridized carbons (Fsp3) is 0.143. The van der Waals surface area contributed by atoms with Crippen LogP contribution in [0.3, 0.4) is 0 Å². The maximum absolute atomic E-state index is 12.4. The first-order valence-electron chi connectivity index (χ1n) is 2.54. The van der Waals surface area contributed by atoms with E-state index < -0.39 is 17.4 Å². The van der Waals surface area contributed by atoms with E-state index in [1.54, 1.807) is 0 Å². The Kier molecular flexibility index (Phi) is 3.39. The van der Waals surface area contributed by atoms with Crippen molar-refractivity contribution in [3.63, 3.8) is 0 Å². The molecule has 0 heterocycles. The second-order valence-electron chi connectivity index (χ2n) is 1.49. The third-order valence-electron chi connectivity index (χ3n) is 0.847. The van der Waals surface area contributed by atoms with Crippen LogP contribution in [0.25, 0.3) is 0 Å². The minimum Gasteiger partial charge on any atom is -0.491 e. The molecule has 0 bridgehead atoms. The van der Waals surface area contributed by atoms with E-state index in [2.05, 4.69) is 17.9 Å². The molecule has 0 aromatic heterocycles. The third-order valence-corrected chi connectivity index (χ3v) is 0.847. The predicted octanol–water partition coefficient (Wildman–Crippen LogP) is 2.48. The van der Waals surface area contributed by atoms with Crippen molar-refractivity contribution in [3.05, 3.63) is 36.6 Å². The van der Waals surface area contributed by atoms with Crippen molar-refractivity contribution in [2.75, 3.05) is 7.11 Å². The first-order chi connectivity index (χ1) is 4.63. The van der Waals surface area contributed by atoms with Crippen LogP contribution in [-0.4, -0.2) is 7.11 Å². The molecule has 0 N–H and O–H groups in total. The van der Waals surface area contributed by atoms with E-state index in [-0.39, 0.29) is 0 Å². The highest BCUT2D eigenvalue weighted by molar-refractivity contribution is 5.25. The molecule has 0 fully saturated rings. The van der Waals surface area contributed by atoms with Crippen molar-refractivity contribution in [2.45, 2.75) is 0 Å². The first-order valence-corrected chi connectivity index (χ1v) is 2.54. The number of hydrogen-bond acceptors (Lipinski definition) is 1. The van der Waals surface area contributed by atoms with Gasteiger partial charge in [-0.1, -0.05) is 13.2 Å². The standard InChI is InChI=1S/C7H8F2O/c1-4-6(9)7(10-3)5(2)8/h4H,1-2H2,3H3/b7-6-. The average Bonchev–Trinajstić information content (AvgIpc) is 1.88. The highest BCUT2D eigenvalue weighted by atomic mass is 19.1. The highest BCUT2D eigenvalue weighted by Gasteiger charge is 2.06. The van der Waals surface area contributed by atoms with Gasteiger partial charge in [-0.3, -0.25) is 0 Å². The molecule has 0 atom stereocenters. The fourth-order valence-electron chi connectivity index (χ4n) is 0.431. The summed E-state index contributed by atoms with van der Waals surface area (Å²) in [4.78, 5) is 0. The van der Waals surface area contributed by atoms with Gasteiger partial charge in [-0.25, -0.2) is 8.78 Å². The number of allylic oxidation sites excluding steroid dienone is 3. The number of hydrogen-bond donors (Lipinski definition) is 0. The van der Waals surface area contributed by atoms with E-state index in [1.165, 1.54) is 0 Å². The van der Waals surface area contributed by atoms with Crippen LogP contribution in [0.2, 0.25) is 0 Å². The summed E-state index contributed by atoms with van der Waals surface area (Å²) >= 11 is 0. The van der Waals surface area contributed by atoms with Gasteiger partial charge in [-0.2, -0.15) is 0 Å². The van der Waals surface area contributed by atoms with Gasteiger partial charge in [0.15, 0.2) is 17.4 Å². The normalized spacial score (nSPS) is 11.9. The summed E-state index contributed by atoms with van der Waals surface area (Å²) in [5.41, 5.74) is 0. The smallest absolute Gasteiger partial charge is 0.189 e. The molecule has 1 nitrogen and oxygen atoms in total. The molecule has 0 radical (unpaired) electrons. The minimum atomic E-state index is -0.945. The van der Waals surface area contributed by atoms with Crippen LogP contribution in [0.5, 0.6) is 0 Å². The third kappa shape index (κ3) is 2.01. The molecule has 0 aliphatic carbocycles. The summed E-state index contributed by atoms with van der Waals surface area (Å²) in [5.74, 6) is -2.30. The molecule has 3 heteroatoms. The molecule has 0 aliphatic heterocycles. The van der Waals surface area contributed by atoms with Gasteiger partial charge in [-0.05, 0) is 6.08 Å². The van der Waals surface area contributed by atoms with Crippen molar-refractivity contribution in [1.29, 1.82) is 0 Å². The molecule has 10 heavy (non-hydrogen) atoms. The van der Waals surface area contributed by atoms with E-state index in [9.17, 15) is 8.78 Å². The van der Waals surface area contributed by atoms with Gasteiger partial charge in [0.1, 0.15) is 0 Å². The minimum absolute atomic E-state index is 0.505. The van der Waals surface area contributed by atoms with Gasteiger partial charge in [-0.15, -0.1) is 0 Å². The van der Waals surface area contributed by atoms with Crippen LogP contribution in [0.15, 0.2) is 36.6 Å². The largest absolute Gasteiger partial charge is 0.491 e. The summed E-state index contributed by atoms with van der Waals surface area (Å²) in [6, 6.07) is 0. The quantitative estimate of drug-likeness (QED) is 0.439. The molecule has 0 aromatic rings. The van der Waals surface area contributed by atoms with Crippen LogP contribution >= 0.6 is 0 Å². The molecule has 0 aromatic carbocycles. The molecule has 0 saturated carbocycles. The number of rotatable bonds is 3. The van der Waals surface area contributed by atoms with Crippen LogP contribution < -0.4 is 0 Å². The second kappa shape index (κ2) is 3.82. The lowest BCUT2D eigenvalue weighted by Crippen LogP contribution is -1.88. The number of ether oxygens (including phenoxy) is 1. The summed E-state index contributed by atoms with van der Waals surface area (Å²) in [5, 5.41) is 0. The Bertz CT molecular complexity index is 182. The maximum atomic E-state index is 12.4. The summed E-state index contributed by atoms with van der Waals surface area (Å²) < 4.78 is 28.8. The molecule has 0 unspecified atom stereocenters. The first kappa shape index (κ1) is 8.88. The zero-order valence-electron chi connectivity index (χ0n) is 5.66. The van der Waals surface area contributed by atoms with E-state index in [4.69, 9.17) is 0 Å². The van der Waals surface area contributed by atoms with Crippen molar-refractivity contribution in [2.24, 2.45) is 0 Å². The fourth-order valence-corrected chi connectivity index (χ4v) is 0.431. The lowest BCUT2D eigenvalue weighted by Gasteiger charge is -2.00. The topological polar surface area (TPSA) is 9.23 Å². The predicted molar refractivity (Wildman–Crippen MR) is 35.6 cm³/mol. The summed E-state index contributed by atoms with van der Waals surface area (Å²) in [7, 11) is 1.16. The number of methoxy groups -OCH3 is 1. The zero-order valence-corrected chi connectivity index (χ0v) is 5.66. The highest BCUT2D eigenvalue weighted by Crippen LogP contribution is 2.16. The molecular formula is C7H8F2O. The number of halogens is 2. The molecule has 56 valence electrons. The van der Waals surface area contributed by atoms with E-state index in [0.717, 1.165) is 13.2 Å². The summed E-state index contributed by atoms with van der Waals surface area (Å²) in [6.45, 7) is 5.95. The summed E-state index contributed by atoms with van der Waals surface area (Å²) in [6.07, 6.45) is 0.851. The van der Waals surface area contributed by atoms with Gasteiger partial charge >= 0.3 is 0 Å². The van der Waals surface area contributed by atoms with E-state index in [1.807, 2.05) is 0 Å². The molecule has 0 spiro atoms. The van der Waals surface area contributed by atoms with Crippen LogP contribution in [0.4, 0.5) is 8.78 Å². The average molecular weight is 146 g/mol. The Balaban J connectivity index is 4.62. The molecular weight excluding hydrogens is 138 g/mol. The van der Waals surface area contributed by atoms with Gasteiger partial charge in [0.25, 0.3) is 0 Å². The molecule has 0 amide bonds. The van der Waals surface area contributed by atoms with Crippen molar-refractivity contribution >= 4 is 0 Å². The lowest BCUT2D eigenvalue weighted by molar-refractivity contribution is 0.270. The molecule has 0 rings (SSSR count). The Morgan fingerprint density at radius 2 is 2.00 bits per heavy atom. The lowest BCUT2D eigenvalue weighted by atomic mass is 10.4. The Morgan fingerprint density at radius 1 is 1.50 bits per heavy atom. The zero-order chi connectivity index (χ0) is 8.15. The van der Waals surface area contributed by atoms with Crippen molar-refractivity contribution in [3.8, 4) is 0 Å². The van der Waals surface area contributed by atoms with Crippen LogP contribution in [0, 0.1) is 0 Å². The Morgan fingerprint density at radius 3 is 2.10 bits per heavy atom. The second-order valence-corrected chi connectivity index (χ2v) is 1.49. The van der Waals surface area contributed by atoms with Crippen LogP contribution in [0.1, 0.15) is 0 Å². The van der Waals surface area contributed by atoms with Gasteiger partial charge in [0, 0.05) is 0 Å². The van der Waals surface area contributed by atoms with Gasteiger partial charge in [0.05, 0.1) is 7.11 Å². The van der Waals surface area contributed by atoms with Crippen molar-refractivity contribution in [1.82, 2.24) is 0 Å². The molecule has 0 saturated heterocycles. The van der Waals surface area contributed by atoms with Gasteiger partial charge in [0.2, 0.25) is 0 Å². The van der Waals surface area contributed by atoms with Crippen LogP contribution in [-0.2, 0) is 4.74 Å².